The van der Waals surface area contributed by atoms with Crippen molar-refractivity contribution in [1.29, 1.82) is 0 Å². The van der Waals surface area contributed by atoms with Crippen molar-refractivity contribution < 1.29 is 38.8 Å². The van der Waals surface area contributed by atoms with E-state index < -0.39 is 55.7 Å². The summed E-state index contributed by atoms with van der Waals surface area (Å²) in [5, 5.41) is 18.7. The van der Waals surface area contributed by atoms with E-state index in [2.05, 4.69) is 9.72 Å². The van der Waals surface area contributed by atoms with Crippen LogP contribution in [0.4, 0.5) is 0 Å². The van der Waals surface area contributed by atoms with Crippen molar-refractivity contribution in [2.24, 2.45) is 0 Å². The molecule has 2 heterocycles. The number of hydrogen-bond acceptors (Lipinski definition) is 8. The standard InChI is InChI=1S/C12H17N2O10P.H3N/c1-5-3-14(12(19)13-9(5)16)8-2-6(15)7(24-8)4-23-11(10(17)18)25(20,21)22;/h3,6-8,11,15H,2,4H2,1H3,(H,17,18)(H,13,16,19)(H2,20,21,22);1H3/t6-,7+,8+,11?;/m0./s1. The monoisotopic (exact) mass is 397 g/mol. The van der Waals surface area contributed by atoms with Crippen LogP contribution in [0.15, 0.2) is 15.8 Å². The number of aryl methyl sites for hydroxylation is 1. The van der Waals surface area contributed by atoms with E-state index in [9.17, 15) is 24.1 Å². The van der Waals surface area contributed by atoms with Gasteiger partial charge in [-0.1, -0.05) is 0 Å². The molecule has 2 rings (SSSR count). The fraction of sp³-hybridized carbons (Fsp3) is 0.583. The highest BCUT2D eigenvalue weighted by molar-refractivity contribution is 7.53. The molecule has 0 saturated carbocycles. The van der Waals surface area contributed by atoms with Crippen LogP contribution in [0.25, 0.3) is 0 Å². The third kappa shape index (κ3) is 4.86. The molecule has 0 aromatic carbocycles. The smallest absolute Gasteiger partial charge is 0.365 e. The number of ether oxygens (including phenoxy) is 2. The lowest BCUT2D eigenvalue weighted by Gasteiger charge is -2.19. The maximum absolute atomic E-state index is 11.8. The van der Waals surface area contributed by atoms with Crippen LogP contribution >= 0.6 is 7.60 Å². The van der Waals surface area contributed by atoms with Gasteiger partial charge in [0.05, 0.1) is 12.7 Å². The number of rotatable bonds is 6. The Labute approximate surface area is 145 Å². The fourth-order valence-electron chi connectivity index (χ4n) is 2.33. The molecule has 1 aromatic heterocycles. The zero-order valence-corrected chi connectivity index (χ0v) is 14.5. The van der Waals surface area contributed by atoms with Crippen molar-refractivity contribution in [2.45, 2.75) is 37.6 Å². The summed E-state index contributed by atoms with van der Waals surface area (Å²) in [5.74, 6) is -4.25. The van der Waals surface area contributed by atoms with Gasteiger partial charge in [0.1, 0.15) is 12.3 Å². The molecule has 1 aliphatic heterocycles. The molecule has 4 atom stereocenters. The molecule has 0 radical (unpaired) electrons. The predicted octanol–water partition coefficient (Wildman–Crippen LogP) is -1.74. The number of aliphatic hydroxyl groups excluding tert-OH is 1. The summed E-state index contributed by atoms with van der Waals surface area (Å²) in [4.78, 5) is 54.0. The summed E-state index contributed by atoms with van der Waals surface area (Å²) >= 11 is 0. The van der Waals surface area contributed by atoms with Gasteiger partial charge in [0.15, 0.2) is 0 Å². The van der Waals surface area contributed by atoms with Crippen LogP contribution in [-0.2, 0) is 18.8 Å². The average molecular weight is 397 g/mol. The zero-order chi connectivity index (χ0) is 18.9. The van der Waals surface area contributed by atoms with E-state index in [1.54, 1.807) is 0 Å². The molecular weight excluding hydrogens is 377 g/mol. The molecule has 1 fully saturated rings. The van der Waals surface area contributed by atoms with Gasteiger partial charge in [0.2, 0.25) is 0 Å². The number of nitrogens with one attached hydrogen (secondary N) is 1. The third-order valence-electron chi connectivity index (χ3n) is 3.60. The number of aliphatic hydroxyl groups is 1. The molecule has 1 aromatic rings. The van der Waals surface area contributed by atoms with E-state index in [-0.39, 0.29) is 18.1 Å². The molecular formula is C12H20N3O10P. The second-order valence-corrected chi connectivity index (χ2v) is 7.17. The van der Waals surface area contributed by atoms with Gasteiger partial charge in [-0.05, 0) is 6.92 Å². The van der Waals surface area contributed by atoms with Crippen molar-refractivity contribution in [2.75, 3.05) is 6.61 Å². The molecule has 1 unspecified atom stereocenters. The van der Waals surface area contributed by atoms with Crippen molar-refractivity contribution in [3.63, 3.8) is 0 Å². The quantitative estimate of drug-likeness (QED) is 0.295. The molecule has 0 bridgehead atoms. The number of aromatic nitrogens is 2. The molecule has 26 heavy (non-hydrogen) atoms. The van der Waals surface area contributed by atoms with Gasteiger partial charge < -0.3 is 35.6 Å². The third-order valence-corrected chi connectivity index (χ3v) is 4.58. The highest BCUT2D eigenvalue weighted by atomic mass is 31.2. The summed E-state index contributed by atoms with van der Waals surface area (Å²) in [6.45, 7) is 0.856. The minimum atomic E-state index is -5.06. The number of carboxylic acid groups (broad SMARTS) is 1. The van der Waals surface area contributed by atoms with E-state index in [0.29, 0.717) is 0 Å². The Balaban J connectivity index is 0.00000338. The summed E-state index contributed by atoms with van der Waals surface area (Å²) in [6.07, 6.45) is -2.05. The number of nitrogens with zero attached hydrogens (tertiary/aromatic N) is 1. The van der Waals surface area contributed by atoms with E-state index in [1.165, 1.54) is 13.1 Å². The molecule has 0 spiro atoms. The number of carbonyl (C=O) groups is 1. The van der Waals surface area contributed by atoms with Crippen LogP contribution in [0.5, 0.6) is 0 Å². The highest BCUT2D eigenvalue weighted by Gasteiger charge is 2.41. The first-order chi connectivity index (χ1) is 11.5. The van der Waals surface area contributed by atoms with Crippen LogP contribution in [0.1, 0.15) is 18.2 Å². The van der Waals surface area contributed by atoms with Crippen molar-refractivity contribution >= 4 is 13.6 Å². The number of hydrogen-bond donors (Lipinski definition) is 6. The van der Waals surface area contributed by atoms with Crippen LogP contribution in [-0.4, -0.2) is 60.2 Å². The summed E-state index contributed by atoms with van der Waals surface area (Å²) in [6, 6.07) is 0. The lowest BCUT2D eigenvalue weighted by molar-refractivity contribution is -0.149. The minimum absolute atomic E-state index is 0. The topological polar surface area (TPSA) is 223 Å². The van der Waals surface area contributed by atoms with Crippen molar-refractivity contribution in [3.8, 4) is 0 Å². The fourth-order valence-corrected chi connectivity index (χ4v) is 2.90. The molecule has 1 saturated heterocycles. The van der Waals surface area contributed by atoms with Gasteiger partial charge in [-0.25, -0.2) is 9.59 Å². The number of H-pyrrole nitrogens is 1. The second-order valence-electron chi connectivity index (χ2n) is 5.52. The average Bonchev–Trinajstić information content (AvgIpc) is 2.82. The van der Waals surface area contributed by atoms with Crippen molar-refractivity contribution in [3.05, 3.63) is 32.6 Å². The predicted molar refractivity (Wildman–Crippen MR) is 85.0 cm³/mol. The van der Waals surface area contributed by atoms with Crippen LogP contribution in [0, 0.1) is 6.92 Å². The first kappa shape index (κ1) is 22.2. The first-order valence-corrected chi connectivity index (χ1v) is 8.74. The Bertz CT molecular complexity index is 814. The number of aromatic amines is 1. The van der Waals surface area contributed by atoms with Gasteiger partial charge in [0, 0.05) is 18.2 Å². The Morgan fingerprint density at radius 1 is 1.50 bits per heavy atom. The first-order valence-electron chi connectivity index (χ1n) is 7.06. The SMILES string of the molecule is Cc1cn([C@H]2C[C@H](O)[C@@H](COC(C(=O)O)P(=O)(O)O)O2)c(=O)[nH]c1=O.N. The van der Waals surface area contributed by atoms with Gasteiger partial charge in [-0.15, -0.1) is 0 Å². The van der Waals surface area contributed by atoms with Crippen LogP contribution in [0.3, 0.4) is 0 Å². The Kier molecular flexibility index (Phi) is 7.02. The maximum atomic E-state index is 11.8. The van der Waals surface area contributed by atoms with E-state index in [0.717, 1.165) is 4.57 Å². The van der Waals surface area contributed by atoms with Gasteiger partial charge in [-0.2, -0.15) is 0 Å². The molecule has 0 aliphatic carbocycles. The largest absolute Gasteiger partial charge is 0.479 e. The summed E-state index contributed by atoms with van der Waals surface area (Å²) in [7, 11) is -5.06. The van der Waals surface area contributed by atoms with E-state index in [4.69, 9.17) is 19.6 Å². The molecule has 1 aliphatic rings. The number of aliphatic carboxylic acids is 1. The second kappa shape index (κ2) is 8.22. The Morgan fingerprint density at radius 3 is 2.65 bits per heavy atom. The van der Waals surface area contributed by atoms with Crippen LogP contribution in [0.2, 0.25) is 0 Å². The summed E-state index contributed by atoms with van der Waals surface area (Å²) in [5.41, 5.74) is -1.08. The van der Waals surface area contributed by atoms with E-state index >= 15 is 0 Å². The Hall–Kier alpha value is -1.86. The molecule has 148 valence electrons. The van der Waals surface area contributed by atoms with Crippen molar-refractivity contribution in [1.82, 2.24) is 15.7 Å². The molecule has 14 heteroatoms. The molecule has 13 nitrogen and oxygen atoms in total. The van der Waals surface area contributed by atoms with Crippen LogP contribution < -0.4 is 17.4 Å². The number of carboxylic acids is 1. The lowest BCUT2D eigenvalue weighted by Crippen LogP contribution is -2.34. The molecule has 0 amide bonds. The van der Waals surface area contributed by atoms with E-state index in [1.807, 2.05) is 0 Å². The highest BCUT2D eigenvalue weighted by Crippen LogP contribution is 2.42. The zero-order valence-electron chi connectivity index (χ0n) is 13.6. The molecule has 8 N–H and O–H groups in total. The van der Waals surface area contributed by atoms with Gasteiger partial charge >= 0.3 is 19.3 Å². The summed E-state index contributed by atoms with van der Waals surface area (Å²) < 4.78 is 22.2. The van der Waals surface area contributed by atoms with Gasteiger partial charge in [0.25, 0.3) is 11.4 Å². The normalized spacial score (nSPS) is 24.1. The maximum Gasteiger partial charge on any atom is 0.365 e. The van der Waals surface area contributed by atoms with Gasteiger partial charge in [-0.3, -0.25) is 18.9 Å². The lowest BCUT2D eigenvalue weighted by atomic mass is 10.2. The Morgan fingerprint density at radius 2 is 2.12 bits per heavy atom. The minimum Gasteiger partial charge on any atom is -0.479 e.